The first kappa shape index (κ1) is 21.9. The van der Waals surface area contributed by atoms with E-state index in [-0.39, 0.29) is 24.0 Å². The highest BCUT2D eigenvalue weighted by molar-refractivity contribution is 14.0. The standard InChI is InChI=1S/C15H32N4O2.HI/c1-4-19(5-2)10-9-18-15(16-3)17-8-6-11-21-14-7-12-20-13-14;/h14H,4-13H2,1-3H3,(H2,16,17,18);1H. The van der Waals surface area contributed by atoms with Gasteiger partial charge in [0, 0.05) is 39.9 Å². The highest BCUT2D eigenvalue weighted by Gasteiger charge is 2.15. The zero-order valence-electron chi connectivity index (χ0n) is 14.3. The maximum absolute atomic E-state index is 5.73. The van der Waals surface area contributed by atoms with E-state index in [1.807, 2.05) is 0 Å². The number of halogens is 1. The molecule has 0 aromatic rings. The van der Waals surface area contributed by atoms with E-state index in [2.05, 4.69) is 34.4 Å². The van der Waals surface area contributed by atoms with Crippen molar-refractivity contribution in [2.45, 2.75) is 32.8 Å². The van der Waals surface area contributed by atoms with Gasteiger partial charge in [0.05, 0.1) is 12.7 Å². The summed E-state index contributed by atoms with van der Waals surface area (Å²) in [6.07, 6.45) is 2.31. The van der Waals surface area contributed by atoms with Gasteiger partial charge in [0.2, 0.25) is 0 Å². The summed E-state index contributed by atoms with van der Waals surface area (Å²) in [5, 5.41) is 6.65. The van der Waals surface area contributed by atoms with Gasteiger partial charge in [-0.15, -0.1) is 24.0 Å². The van der Waals surface area contributed by atoms with Crippen LogP contribution in [0.1, 0.15) is 26.7 Å². The van der Waals surface area contributed by atoms with Gasteiger partial charge < -0.3 is 25.0 Å². The van der Waals surface area contributed by atoms with Crippen molar-refractivity contribution in [2.24, 2.45) is 4.99 Å². The molecule has 1 saturated heterocycles. The van der Waals surface area contributed by atoms with Crippen LogP contribution < -0.4 is 10.6 Å². The van der Waals surface area contributed by atoms with Crippen LogP contribution in [0.3, 0.4) is 0 Å². The average Bonchev–Trinajstić information content (AvgIpc) is 3.02. The van der Waals surface area contributed by atoms with Gasteiger partial charge in [-0.2, -0.15) is 0 Å². The fourth-order valence-corrected chi connectivity index (χ4v) is 2.27. The molecule has 1 heterocycles. The normalized spacial score (nSPS) is 18.4. The van der Waals surface area contributed by atoms with Crippen molar-refractivity contribution in [1.29, 1.82) is 0 Å². The van der Waals surface area contributed by atoms with E-state index in [0.29, 0.717) is 6.10 Å². The minimum Gasteiger partial charge on any atom is -0.379 e. The monoisotopic (exact) mass is 428 g/mol. The predicted octanol–water partition coefficient (Wildman–Crippen LogP) is 1.31. The molecule has 0 aromatic heterocycles. The Hall–Kier alpha value is -0.120. The summed E-state index contributed by atoms with van der Waals surface area (Å²) in [6.45, 7) is 11.7. The quantitative estimate of drug-likeness (QED) is 0.238. The molecule has 22 heavy (non-hydrogen) atoms. The van der Waals surface area contributed by atoms with Gasteiger partial charge in [-0.05, 0) is 25.9 Å². The summed E-state index contributed by atoms with van der Waals surface area (Å²) in [5.41, 5.74) is 0. The summed E-state index contributed by atoms with van der Waals surface area (Å²) in [7, 11) is 1.80. The first-order valence-electron chi connectivity index (χ1n) is 8.16. The molecule has 1 fully saturated rings. The van der Waals surface area contributed by atoms with Crippen LogP contribution >= 0.6 is 24.0 Å². The minimum absolute atomic E-state index is 0. The fourth-order valence-electron chi connectivity index (χ4n) is 2.27. The number of nitrogens with one attached hydrogen (secondary N) is 2. The Bertz CT molecular complexity index is 283. The van der Waals surface area contributed by atoms with Crippen molar-refractivity contribution in [3.05, 3.63) is 0 Å². The Balaban J connectivity index is 0.00000441. The lowest BCUT2D eigenvalue weighted by atomic mass is 10.3. The minimum atomic E-state index is 0. The molecule has 0 bridgehead atoms. The third kappa shape index (κ3) is 9.81. The van der Waals surface area contributed by atoms with Crippen molar-refractivity contribution >= 4 is 29.9 Å². The number of hydrogen-bond donors (Lipinski definition) is 2. The Kier molecular flexibility index (Phi) is 14.4. The van der Waals surface area contributed by atoms with Crippen molar-refractivity contribution in [2.75, 3.05) is 59.6 Å². The Morgan fingerprint density at radius 2 is 2.00 bits per heavy atom. The molecule has 0 aliphatic carbocycles. The number of guanidine groups is 1. The number of hydrogen-bond acceptors (Lipinski definition) is 4. The molecule has 0 spiro atoms. The van der Waals surface area contributed by atoms with E-state index in [4.69, 9.17) is 9.47 Å². The molecule has 0 aromatic carbocycles. The first-order valence-corrected chi connectivity index (χ1v) is 8.16. The number of rotatable bonds is 10. The molecule has 1 aliphatic rings. The summed E-state index contributed by atoms with van der Waals surface area (Å²) in [6, 6.07) is 0. The molecule has 1 aliphatic heterocycles. The summed E-state index contributed by atoms with van der Waals surface area (Å²) < 4.78 is 11.0. The molecule has 132 valence electrons. The fraction of sp³-hybridized carbons (Fsp3) is 0.933. The second-order valence-electron chi connectivity index (χ2n) is 5.16. The third-order valence-electron chi connectivity index (χ3n) is 3.69. The summed E-state index contributed by atoms with van der Waals surface area (Å²) in [4.78, 5) is 6.61. The second kappa shape index (κ2) is 14.5. The molecule has 6 nitrogen and oxygen atoms in total. The topological polar surface area (TPSA) is 58.1 Å². The van der Waals surface area contributed by atoms with Crippen LogP contribution in [0.2, 0.25) is 0 Å². The predicted molar refractivity (Wildman–Crippen MR) is 102 cm³/mol. The number of aliphatic imine (C=N–C) groups is 1. The Morgan fingerprint density at radius 1 is 1.27 bits per heavy atom. The van der Waals surface area contributed by atoms with Gasteiger partial charge in [-0.25, -0.2) is 0 Å². The molecule has 0 amide bonds. The highest BCUT2D eigenvalue weighted by atomic mass is 127. The SMILES string of the molecule is CCN(CC)CCNC(=NC)NCCCOC1CCOC1.I. The first-order chi connectivity index (χ1) is 10.3. The molecule has 0 saturated carbocycles. The van der Waals surface area contributed by atoms with Crippen molar-refractivity contribution in [3.63, 3.8) is 0 Å². The lowest BCUT2D eigenvalue weighted by Gasteiger charge is -2.19. The Labute approximate surface area is 152 Å². The number of ether oxygens (including phenoxy) is 2. The Morgan fingerprint density at radius 3 is 2.59 bits per heavy atom. The maximum atomic E-state index is 5.73. The number of nitrogens with zero attached hydrogens (tertiary/aromatic N) is 2. The molecule has 1 unspecified atom stereocenters. The van der Waals surface area contributed by atoms with Crippen LogP contribution in [0.5, 0.6) is 0 Å². The van der Waals surface area contributed by atoms with Gasteiger partial charge >= 0.3 is 0 Å². The zero-order valence-corrected chi connectivity index (χ0v) is 16.6. The van der Waals surface area contributed by atoms with E-state index in [0.717, 1.165) is 71.3 Å². The van der Waals surface area contributed by atoms with Gasteiger partial charge in [0.1, 0.15) is 0 Å². The van der Waals surface area contributed by atoms with E-state index in [9.17, 15) is 0 Å². The molecule has 7 heteroatoms. The molecular formula is C15H33IN4O2. The molecule has 1 rings (SSSR count). The van der Waals surface area contributed by atoms with Gasteiger partial charge in [-0.1, -0.05) is 13.8 Å². The summed E-state index contributed by atoms with van der Waals surface area (Å²) in [5.74, 6) is 0.867. The third-order valence-corrected chi connectivity index (χ3v) is 3.69. The van der Waals surface area contributed by atoms with Crippen LogP contribution in [0.25, 0.3) is 0 Å². The largest absolute Gasteiger partial charge is 0.379 e. The van der Waals surface area contributed by atoms with Crippen LogP contribution in [0, 0.1) is 0 Å². The maximum Gasteiger partial charge on any atom is 0.191 e. The van der Waals surface area contributed by atoms with Crippen LogP contribution in [0.4, 0.5) is 0 Å². The van der Waals surface area contributed by atoms with E-state index >= 15 is 0 Å². The molecule has 2 N–H and O–H groups in total. The lowest BCUT2D eigenvalue weighted by molar-refractivity contribution is 0.0420. The van der Waals surface area contributed by atoms with Gasteiger partial charge in [0.25, 0.3) is 0 Å². The molecule has 0 radical (unpaired) electrons. The summed E-state index contributed by atoms with van der Waals surface area (Å²) >= 11 is 0. The molecular weight excluding hydrogens is 395 g/mol. The number of likely N-dealkylation sites (N-methyl/N-ethyl adjacent to an activating group) is 1. The second-order valence-corrected chi connectivity index (χ2v) is 5.16. The average molecular weight is 428 g/mol. The van der Waals surface area contributed by atoms with Crippen LogP contribution in [-0.4, -0.2) is 76.6 Å². The van der Waals surface area contributed by atoms with Crippen LogP contribution in [0.15, 0.2) is 4.99 Å². The van der Waals surface area contributed by atoms with Gasteiger partial charge in [0.15, 0.2) is 5.96 Å². The van der Waals surface area contributed by atoms with E-state index in [1.54, 1.807) is 7.05 Å². The van der Waals surface area contributed by atoms with E-state index in [1.165, 1.54) is 0 Å². The zero-order chi connectivity index (χ0) is 15.3. The van der Waals surface area contributed by atoms with Crippen molar-refractivity contribution in [1.82, 2.24) is 15.5 Å². The van der Waals surface area contributed by atoms with Crippen LogP contribution in [-0.2, 0) is 9.47 Å². The van der Waals surface area contributed by atoms with Gasteiger partial charge in [-0.3, -0.25) is 4.99 Å². The van der Waals surface area contributed by atoms with Crippen molar-refractivity contribution < 1.29 is 9.47 Å². The van der Waals surface area contributed by atoms with E-state index < -0.39 is 0 Å². The molecule has 1 atom stereocenters. The lowest BCUT2D eigenvalue weighted by Crippen LogP contribution is -2.42. The smallest absolute Gasteiger partial charge is 0.191 e. The van der Waals surface area contributed by atoms with Crippen molar-refractivity contribution in [3.8, 4) is 0 Å². The highest BCUT2D eigenvalue weighted by Crippen LogP contribution is 2.07.